The van der Waals surface area contributed by atoms with Gasteiger partial charge in [0.15, 0.2) is 0 Å². The lowest BCUT2D eigenvalue weighted by molar-refractivity contribution is 0.0659. The number of likely N-dealkylation sites (N-methyl/N-ethyl adjacent to an activating group) is 1. The number of aliphatic hydroxyl groups is 1. The van der Waals surface area contributed by atoms with Crippen molar-refractivity contribution < 1.29 is 5.11 Å². The quantitative estimate of drug-likeness (QED) is 0.725. The second kappa shape index (κ2) is 6.58. The van der Waals surface area contributed by atoms with Crippen LogP contribution in [0.25, 0.3) is 0 Å². The van der Waals surface area contributed by atoms with Crippen LogP contribution in [0.3, 0.4) is 0 Å². The fourth-order valence-electron chi connectivity index (χ4n) is 2.98. The largest absolute Gasteiger partial charge is 0.394 e. The Labute approximate surface area is 100 Å². The molecule has 1 fully saturated rings. The molecular formula is C13H28N2O. The molecule has 2 N–H and O–H groups in total. The highest BCUT2D eigenvalue weighted by molar-refractivity contribution is 4.95. The molecule has 0 amide bonds. The van der Waals surface area contributed by atoms with Crippen LogP contribution in [-0.2, 0) is 0 Å². The molecular weight excluding hydrogens is 200 g/mol. The predicted molar refractivity (Wildman–Crippen MR) is 68.7 cm³/mol. The first-order valence-electron chi connectivity index (χ1n) is 6.75. The zero-order chi connectivity index (χ0) is 12.0. The average molecular weight is 228 g/mol. The van der Waals surface area contributed by atoms with E-state index in [0.29, 0.717) is 6.04 Å². The van der Waals surface area contributed by atoms with Crippen molar-refractivity contribution in [3.63, 3.8) is 0 Å². The van der Waals surface area contributed by atoms with Gasteiger partial charge in [-0.1, -0.05) is 13.8 Å². The maximum atomic E-state index is 9.56. The summed E-state index contributed by atoms with van der Waals surface area (Å²) in [5.41, 5.74) is -0.0237. The first kappa shape index (κ1) is 13.9. The number of nitrogens with one attached hydrogen (secondary N) is 1. The molecule has 0 heterocycles. The minimum atomic E-state index is -0.0237. The summed E-state index contributed by atoms with van der Waals surface area (Å²) in [7, 11) is 1.98. The van der Waals surface area contributed by atoms with Gasteiger partial charge in [0.25, 0.3) is 0 Å². The van der Waals surface area contributed by atoms with Crippen molar-refractivity contribution in [1.29, 1.82) is 0 Å². The van der Waals surface area contributed by atoms with Gasteiger partial charge in [-0.15, -0.1) is 0 Å². The second-order valence-electron chi connectivity index (χ2n) is 5.07. The molecule has 16 heavy (non-hydrogen) atoms. The minimum absolute atomic E-state index is 0.0237. The van der Waals surface area contributed by atoms with Crippen molar-refractivity contribution in [1.82, 2.24) is 10.2 Å². The lowest BCUT2D eigenvalue weighted by atomic mass is 9.79. The highest BCUT2D eigenvalue weighted by Crippen LogP contribution is 2.30. The fraction of sp³-hybridized carbons (Fsp3) is 1.00. The first-order valence-corrected chi connectivity index (χ1v) is 6.75. The third-order valence-corrected chi connectivity index (χ3v) is 4.09. The summed E-state index contributed by atoms with van der Waals surface area (Å²) in [6, 6.07) is 0.651. The molecule has 1 aliphatic rings. The van der Waals surface area contributed by atoms with Crippen molar-refractivity contribution in [2.24, 2.45) is 0 Å². The van der Waals surface area contributed by atoms with E-state index >= 15 is 0 Å². The maximum Gasteiger partial charge on any atom is 0.0613 e. The van der Waals surface area contributed by atoms with Gasteiger partial charge in [0, 0.05) is 11.6 Å². The van der Waals surface area contributed by atoms with Gasteiger partial charge in [-0.2, -0.15) is 0 Å². The topological polar surface area (TPSA) is 35.5 Å². The summed E-state index contributed by atoms with van der Waals surface area (Å²) >= 11 is 0. The monoisotopic (exact) mass is 228 g/mol. The molecule has 3 heteroatoms. The predicted octanol–water partition coefficient (Wildman–Crippen LogP) is 1.61. The van der Waals surface area contributed by atoms with E-state index < -0.39 is 0 Å². The van der Waals surface area contributed by atoms with E-state index in [-0.39, 0.29) is 12.1 Å². The van der Waals surface area contributed by atoms with Crippen LogP contribution in [0.4, 0.5) is 0 Å². The van der Waals surface area contributed by atoms with Crippen LogP contribution < -0.4 is 5.32 Å². The first-order chi connectivity index (χ1) is 7.71. The van der Waals surface area contributed by atoms with Gasteiger partial charge in [-0.05, 0) is 52.2 Å². The number of rotatable bonds is 6. The van der Waals surface area contributed by atoms with Gasteiger partial charge in [0.05, 0.1) is 6.61 Å². The van der Waals surface area contributed by atoms with Crippen LogP contribution >= 0.6 is 0 Å². The van der Waals surface area contributed by atoms with E-state index in [2.05, 4.69) is 24.1 Å². The van der Waals surface area contributed by atoms with Crippen molar-refractivity contribution in [2.75, 3.05) is 26.7 Å². The van der Waals surface area contributed by atoms with Crippen molar-refractivity contribution in [2.45, 2.75) is 57.5 Å². The Morgan fingerprint density at radius 2 is 2.19 bits per heavy atom. The molecule has 2 atom stereocenters. The molecule has 1 rings (SSSR count). The number of aliphatic hydroxyl groups excluding tert-OH is 1. The van der Waals surface area contributed by atoms with Crippen molar-refractivity contribution in [3.8, 4) is 0 Å². The van der Waals surface area contributed by atoms with E-state index in [4.69, 9.17) is 0 Å². The van der Waals surface area contributed by atoms with Crippen LogP contribution in [0.5, 0.6) is 0 Å². The Morgan fingerprint density at radius 1 is 1.44 bits per heavy atom. The summed E-state index contributed by atoms with van der Waals surface area (Å²) in [6.07, 6.45) is 5.94. The van der Waals surface area contributed by atoms with Gasteiger partial charge in [0.2, 0.25) is 0 Å². The molecule has 0 radical (unpaired) electrons. The second-order valence-corrected chi connectivity index (χ2v) is 5.07. The van der Waals surface area contributed by atoms with Crippen molar-refractivity contribution in [3.05, 3.63) is 0 Å². The molecule has 0 saturated heterocycles. The Balaban J connectivity index is 2.60. The lowest BCUT2D eigenvalue weighted by Gasteiger charge is -2.43. The van der Waals surface area contributed by atoms with E-state index in [0.717, 1.165) is 19.4 Å². The van der Waals surface area contributed by atoms with E-state index in [1.54, 1.807) is 0 Å². The smallest absolute Gasteiger partial charge is 0.0613 e. The van der Waals surface area contributed by atoms with Crippen LogP contribution in [-0.4, -0.2) is 48.3 Å². The lowest BCUT2D eigenvalue weighted by Crippen LogP contribution is -2.54. The summed E-state index contributed by atoms with van der Waals surface area (Å²) in [6.45, 7) is 7.06. The highest BCUT2D eigenvalue weighted by Gasteiger charge is 2.36. The standard InChI is InChI=1S/C13H28N2O/c1-4-9-15(5-2)12-7-6-8-13(10-12,11-16)14-3/h12,14,16H,4-11H2,1-3H3. The van der Waals surface area contributed by atoms with Crippen molar-refractivity contribution >= 4 is 0 Å². The number of nitrogens with zero attached hydrogens (tertiary/aromatic N) is 1. The summed E-state index contributed by atoms with van der Waals surface area (Å²) in [4.78, 5) is 2.57. The fourth-order valence-corrected chi connectivity index (χ4v) is 2.98. The Bertz CT molecular complexity index is 192. The van der Waals surface area contributed by atoms with Gasteiger partial charge >= 0.3 is 0 Å². The zero-order valence-corrected chi connectivity index (χ0v) is 11.1. The molecule has 0 bridgehead atoms. The van der Waals surface area contributed by atoms with Crippen LogP contribution in [0.15, 0.2) is 0 Å². The van der Waals surface area contributed by atoms with E-state index in [1.165, 1.54) is 25.8 Å². The Morgan fingerprint density at radius 3 is 2.69 bits per heavy atom. The molecule has 0 aliphatic heterocycles. The molecule has 0 aromatic rings. The number of hydrogen-bond donors (Lipinski definition) is 2. The van der Waals surface area contributed by atoms with Gasteiger partial charge < -0.3 is 15.3 Å². The summed E-state index contributed by atoms with van der Waals surface area (Å²) in [5, 5.41) is 12.9. The number of hydrogen-bond acceptors (Lipinski definition) is 3. The maximum absolute atomic E-state index is 9.56. The molecule has 1 aliphatic carbocycles. The normalized spacial score (nSPS) is 30.9. The van der Waals surface area contributed by atoms with Crippen LogP contribution in [0.2, 0.25) is 0 Å². The van der Waals surface area contributed by atoms with E-state index in [1.807, 2.05) is 7.05 Å². The summed E-state index contributed by atoms with van der Waals surface area (Å²) in [5.74, 6) is 0. The van der Waals surface area contributed by atoms with Crippen LogP contribution in [0.1, 0.15) is 46.0 Å². The minimum Gasteiger partial charge on any atom is -0.394 e. The average Bonchev–Trinajstić information content (AvgIpc) is 2.36. The highest BCUT2D eigenvalue weighted by atomic mass is 16.3. The van der Waals surface area contributed by atoms with Gasteiger partial charge in [-0.3, -0.25) is 0 Å². The molecule has 0 aromatic carbocycles. The third kappa shape index (κ3) is 3.19. The molecule has 2 unspecified atom stereocenters. The van der Waals surface area contributed by atoms with Crippen LogP contribution in [0, 0.1) is 0 Å². The molecule has 1 saturated carbocycles. The molecule has 3 nitrogen and oxygen atoms in total. The molecule has 0 aromatic heterocycles. The molecule has 96 valence electrons. The Kier molecular flexibility index (Phi) is 5.73. The van der Waals surface area contributed by atoms with E-state index in [9.17, 15) is 5.11 Å². The SMILES string of the molecule is CCCN(CC)C1CCCC(CO)(NC)C1. The summed E-state index contributed by atoms with van der Waals surface area (Å²) < 4.78 is 0. The Hall–Kier alpha value is -0.120. The van der Waals surface area contributed by atoms with Gasteiger partial charge in [0.1, 0.15) is 0 Å². The molecule has 0 spiro atoms. The van der Waals surface area contributed by atoms with Gasteiger partial charge in [-0.25, -0.2) is 0 Å². The zero-order valence-electron chi connectivity index (χ0n) is 11.1. The third-order valence-electron chi connectivity index (χ3n) is 4.09.